The molecule has 0 aromatic heterocycles. The summed E-state index contributed by atoms with van der Waals surface area (Å²) in [6.07, 6.45) is 0.873. The van der Waals surface area contributed by atoms with Crippen LogP contribution in [0, 0.1) is 0 Å². The smallest absolute Gasteiger partial charge is 0.253 e. The maximum Gasteiger partial charge on any atom is 0.253 e. The largest absolute Gasteiger partial charge is 0.340 e. The van der Waals surface area contributed by atoms with Crippen molar-refractivity contribution in [3.8, 4) is 0 Å². The Kier molecular flexibility index (Phi) is 4.31. The van der Waals surface area contributed by atoms with E-state index in [1.54, 1.807) is 11.9 Å². The number of rotatable bonds is 4. The molecule has 1 aromatic carbocycles. The zero-order chi connectivity index (χ0) is 11.3. The van der Waals surface area contributed by atoms with E-state index in [4.69, 9.17) is 5.73 Å². The lowest BCUT2D eigenvalue weighted by molar-refractivity contribution is 0.0798. The molecule has 0 aliphatic carbocycles. The van der Waals surface area contributed by atoms with Crippen molar-refractivity contribution in [2.45, 2.75) is 13.3 Å². The Morgan fingerprint density at radius 3 is 2.67 bits per heavy atom. The van der Waals surface area contributed by atoms with Crippen LogP contribution < -0.4 is 5.73 Å². The molecule has 1 amide bonds. The Morgan fingerprint density at radius 1 is 1.40 bits per heavy atom. The molecule has 0 aliphatic rings. The lowest BCUT2D eigenvalue weighted by atomic mass is 10.0. The quantitative estimate of drug-likeness (QED) is 0.806. The van der Waals surface area contributed by atoms with Crippen molar-refractivity contribution in [3.63, 3.8) is 0 Å². The molecule has 0 radical (unpaired) electrons. The Balaban J connectivity index is 2.90. The van der Waals surface area contributed by atoms with Gasteiger partial charge in [0.25, 0.3) is 5.91 Å². The standard InChI is InChI=1S/C12H18N2O/c1-3-10-6-4-5-7-11(10)12(15)14(2)9-8-13/h4-7H,3,8-9,13H2,1-2H3. The number of amides is 1. The second kappa shape index (κ2) is 5.51. The third-order valence-corrected chi connectivity index (χ3v) is 2.44. The molecule has 0 unspecified atom stereocenters. The molecule has 15 heavy (non-hydrogen) atoms. The summed E-state index contributed by atoms with van der Waals surface area (Å²) in [5.41, 5.74) is 7.30. The van der Waals surface area contributed by atoms with Crippen molar-refractivity contribution in [2.24, 2.45) is 5.73 Å². The maximum absolute atomic E-state index is 12.0. The molecule has 0 saturated carbocycles. The molecular weight excluding hydrogens is 188 g/mol. The molecule has 3 heteroatoms. The fourth-order valence-corrected chi connectivity index (χ4v) is 1.54. The molecule has 3 nitrogen and oxygen atoms in total. The number of benzene rings is 1. The summed E-state index contributed by atoms with van der Waals surface area (Å²) < 4.78 is 0. The molecule has 1 rings (SSSR count). The predicted octanol–water partition coefficient (Wildman–Crippen LogP) is 1.28. The first kappa shape index (κ1) is 11.7. The molecule has 0 bridgehead atoms. The number of aryl methyl sites for hydroxylation is 1. The number of hydrogen-bond donors (Lipinski definition) is 1. The predicted molar refractivity (Wildman–Crippen MR) is 61.8 cm³/mol. The zero-order valence-electron chi connectivity index (χ0n) is 9.36. The molecule has 82 valence electrons. The zero-order valence-corrected chi connectivity index (χ0v) is 9.36. The van der Waals surface area contributed by atoms with Gasteiger partial charge in [-0.3, -0.25) is 4.79 Å². The van der Waals surface area contributed by atoms with Gasteiger partial charge in [-0.05, 0) is 18.1 Å². The van der Waals surface area contributed by atoms with E-state index >= 15 is 0 Å². The van der Waals surface area contributed by atoms with Crippen molar-refractivity contribution in [3.05, 3.63) is 35.4 Å². The number of likely N-dealkylation sites (N-methyl/N-ethyl adjacent to an activating group) is 1. The summed E-state index contributed by atoms with van der Waals surface area (Å²) in [7, 11) is 1.78. The highest BCUT2D eigenvalue weighted by Gasteiger charge is 2.13. The first-order valence-electron chi connectivity index (χ1n) is 5.24. The van der Waals surface area contributed by atoms with Gasteiger partial charge in [0.1, 0.15) is 0 Å². The summed E-state index contributed by atoms with van der Waals surface area (Å²) in [5.74, 6) is 0.0536. The fraction of sp³-hybridized carbons (Fsp3) is 0.417. The number of nitrogens with zero attached hydrogens (tertiary/aromatic N) is 1. The Hall–Kier alpha value is -1.35. The van der Waals surface area contributed by atoms with Gasteiger partial charge in [-0.2, -0.15) is 0 Å². The van der Waals surface area contributed by atoms with Crippen LogP contribution in [0.2, 0.25) is 0 Å². The summed E-state index contributed by atoms with van der Waals surface area (Å²) in [4.78, 5) is 13.6. The molecule has 0 aliphatic heterocycles. The SMILES string of the molecule is CCc1ccccc1C(=O)N(C)CCN. The minimum absolute atomic E-state index is 0.0536. The second-order valence-electron chi connectivity index (χ2n) is 3.53. The van der Waals surface area contributed by atoms with Crippen LogP contribution in [0.1, 0.15) is 22.8 Å². The van der Waals surface area contributed by atoms with Crippen LogP contribution in [0.25, 0.3) is 0 Å². The van der Waals surface area contributed by atoms with Crippen LogP contribution in [0.15, 0.2) is 24.3 Å². The minimum Gasteiger partial charge on any atom is -0.340 e. The summed E-state index contributed by atoms with van der Waals surface area (Å²) in [6.45, 7) is 3.14. The van der Waals surface area contributed by atoms with Crippen LogP contribution in [-0.2, 0) is 6.42 Å². The highest BCUT2D eigenvalue weighted by Crippen LogP contribution is 2.11. The van der Waals surface area contributed by atoms with E-state index in [9.17, 15) is 4.79 Å². The van der Waals surface area contributed by atoms with E-state index < -0.39 is 0 Å². The van der Waals surface area contributed by atoms with E-state index in [1.165, 1.54) is 0 Å². The lowest BCUT2D eigenvalue weighted by Gasteiger charge is -2.17. The fourth-order valence-electron chi connectivity index (χ4n) is 1.54. The second-order valence-corrected chi connectivity index (χ2v) is 3.53. The van der Waals surface area contributed by atoms with Crippen molar-refractivity contribution >= 4 is 5.91 Å². The van der Waals surface area contributed by atoms with Crippen molar-refractivity contribution < 1.29 is 4.79 Å². The third-order valence-electron chi connectivity index (χ3n) is 2.44. The molecule has 0 spiro atoms. The first-order chi connectivity index (χ1) is 7.20. The summed E-state index contributed by atoms with van der Waals surface area (Å²) >= 11 is 0. The van der Waals surface area contributed by atoms with Gasteiger partial charge in [-0.25, -0.2) is 0 Å². The molecule has 0 saturated heterocycles. The third kappa shape index (κ3) is 2.80. The van der Waals surface area contributed by atoms with Crippen molar-refractivity contribution in [1.29, 1.82) is 0 Å². The van der Waals surface area contributed by atoms with Gasteiger partial charge in [0, 0.05) is 25.7 Å². The van der Waals surface area contributed by atoms with Crippen LogP contribution >= 0.6 is 0 Å². The van der Waals surface area contributed by atoms with Gasteiger partial charge in [-0.15, -0.1) is 0 Å². The topological polar surface area (TPSA) is 46.3 Å². The number of nitrogens with two attached hydrogens (primary N) is 1. The Bertz CT molecular complexity index is 336. The average Bonchev–Trinajstić information content (AvgIpc) is 2.28. The summed E-state index contributed by atoms with van der Waals surface area (Å²) in [6, 6.07) is 7.71. The van der Waals surface area contributed by atoms with E-state index in [1.807, 2.05) is 24.3 Å². The number of hydrogen-bond acceptors (Lipinski definition) is 2. The molecular formula is C12H18N2O. The molecule has 0 atom stereocenters. The average molecular weight is 206 g/mol. The highest BCUT2D eigenvalue weighted by molar-refractivity contribution is 5.95. The monoisotopic (exact) mass is 206 g/mol. The van der Waals surface area contributed by atoms with E-state index in [2.05, 4.69) is 6.92 Å². The van der Waals surface area contributed by atoms with Gasteiger partial charge in [0.2, 0.25) is 0 Å². The van der Waals surface area contributed by atoms with Crippen LogP contribution in [-0.4, -0.2) is 30.9 Å². The van der Waals surface area contributed by atoms with Gasteiger partial charge in [0.05, 0.1) is 0 Å². The van der Waals surface area contributed by atoms with E-state index in [0.29, 0.717) is 13.1 Å². The normalized spacial score (nSPS) is 10.1. The highest BCUT2D eigenvalue weighted by atomic mass is 16.2. The lowest BCUT2D eigenvalue weighted by Crippen LogP contribution is -2.32. The Labute approximate surface area is 90.9 Å². The molecule has 1 aromatic rings. The van der Waals surface area contributed by atoms with Crippen molar-refractivity contribution in [1.82, 2.24) is 4.90 Å². The Morgan fingerprint density at radius 2 is 2.07 bits per heavy atom. The van der Waals surface area contributed by atoms with Crippen LogP contribution in [0.4, 0.5) is 0 Å². The summed E-state index contributed by atoms with van der Waals surface area (Å²) in [5, 5.41) is 0. The van der Waals surface area contributed by atoms with E-state index in [0.717, 1.165) is 17.5 Å². The van der Waals surface area contributed by atoms with Gasteiger partial charge in [-0.1, -0.05) is 25.1 Å². The number of carbonyl (C=O) groups excluding carboxylic acids is 1. The minimum atomic E-state index is 0.0536. The van der Waals surface area contributed by atoms with Crippen LogP contribution in [0.5, 0.6) is 0 Å². The van der Waals surface area contributed by atoms with Gasteiger partial charge in [0.15, 0.2) is 0 Å². The van der Waals surface area contributed by atoms with Crippen molar-refractivity contribution in [2.75, 3.05) is 20.1 Å². The van der Waals surface area contributed by atoms with E-state index in [-0.39, 0.29) is 5.91 Å². The maximum atomic E-state index is 12.0. The van der Waals surface area contributed by atoms with Gasteiger partial charge >= 0.3 is 0 Å². The van der Waals surface area contributed by atoms with Crippen LogP contribution in [0.3, 0.4) is 0 Å². The van der Waals surface area contributed by atoms with Gasteiger partial charge < -0.3 is 10.6 Å². The molecule has 0 fully saturated rings. The molecule has 0 heterocycles. The number of carbonyl (C=O) groups is 1. The molecule has 2 N–H and O–H groups in total. The first-order valence-corrected chi connectivity index (χ1v) is 5.24.